The summed E-state index contributed by atoms with van der Waals surface area (Å²) in [6, 6.07) is -0.681. The van der Waals surface area contributed by atoms with Crippen LogP contribution in [0.25, 0.3) is 0 Å². The Hall–Kier alpha value is -0.210. The van der Waals surface area contributed by atoms with Crippen LogP contribution in [0.4, 0.5) is 0 Å². The fourth-order valence-electron chi connectivity index (χ4n) is 0.710. The van der Waals surface area contributed by atoms with Gasteiger partial charge in [0.25, 0.3) is 0 Å². The van der Waals surface area contributed by atoms with Gasteiger partial charge < -0.3 is 10.1 Å². The maximum Gasteiger partial charge on any atom is 0.223 e. The molecule has 0 aromatic carbocycles. The summed E-state index contributed by atoms with van der Waals surface area (Å²) in [6.45, 7) is 5.13. The maximum atomic E-state index is 11.3. The lowest BCUT2D eigenvalue weighted by Gasteiger charge is -2.19. The van der Waals surface area contributed by atoms with Crippen molar-refractivity contribution < 1.29 is 17.7 Å². The van der Waals surface area contributed by atoms with Crippen LogP contribution in [0.1, 0.15) is 20.8 Å². The Morgan fingerprint density at radius 1 is 1.43 bits per heavy atom. The third-order valence-corrected chi connectivity index (χ3v) is 1.88. The molecule has 5 nitrogen and oxygen atoms in total. The third kappa shape index (κ3) is 4.87. The molecule has 82 valence electrons. The molecule has 0 radical (unpaired) electrons. The monoisotopic (exact) mass is 315 g/mol. The van der Waals surface area contributed by atoms with Gasteiger partial charge in [-0.1, -0.05) is 13.8 Å². The van der Waals surface area contributed by atoms with Crippen molar-refractivity contribution in [3.05, 3.63) is 0 Å². The highest BCUT2D eigenvalue weighted by atomic mass is 127. The Morgan fingerprint density at radius 2 is 2.00 bits per heavy atom. The van der Waals surface area contributed by atoms with Crippen molar-refractivity contribution in [1.82, 2.24) is 5.32 Å². The standard InChI is InChI=1S/C8H14INO4/c1-5(2)8(12)10-7(4-11)6(3)13-14-9/h4-7H,1-3H3,(H,10,12). The zero-order chi connectivity index (χ0) is 11.1. The number of hydrogen-bond donors (Lipinski definition) is 1. The molecule has 0 bridgehead atoms. The van der Waals surface area contributed by atoms with Crippen molar-refractivity contribution >= 4 is 35.2 Å². The fourth-order valence-corrected chi connectivity index (χ4v) is 1.04. The van der Waals surface area contributed by atoms with E-state index in [1.807, 2.05) is 0 Å². The molecule has 6 heteroatoms. The number of carbonyl (C=O) groups excluding carboxylic acids is 2. The van der Waals surface area contributed by atoms with Gasteiger partial charge in [-0.05, 0) is 6.92 Å². The van der Waals surface area contributed by atoms with E-state index in [0.29, 0.717) is 6.29 Å². The molecule has 0 aromatic heterocycles. The van der Waals surface area contributed by atoms with Crippen LogP contribution >= 0.6 is 23.0 Å². The first-order chi connectivity index (χ1) is 6.52. The van der Waals surface area contributed by atoms with Crippen LogP contribution in [0, 0.1) is 5.92 Å². The Balaban J connectivity index is 4.14. The van der Waals surface area contributed by atoms with Gasteiger partial charge >= 0.3 is 0 Å². The predicted octanol–water partition coefficient (Wildman–Crippen LogP) is 1.01. The van der Waals surface area contributed by atoms with Gasteiger partial charge in [0.15, 0.2) is 23.0 Å². The Morgan fingerprint density at radius 3 is 2.36 bits per heavy atom. The maximum absolute atomic E-state index is 11.3. The first-order valence-corrected chi connectivity index (χ1v) is 5.10. The molecule has 0 aliphatic rings. The minimum absolute atomic E-state index is 0.162. The van der Waals surface area contributed by atoms with E-state index in [-0.39, 0.29) is 11.8 Å². The molecule has 0 fully saturated rings. The average molecular weight is 315 g/mol. The first kappa shape index (κ1) is 13.8. The molecular formula is C8H14INO4. The number of hydrogen-bond acceptors (Lipinski definition) is 4. The Labute approximate surface area is 97.1 Å². The fraction of sp³-hybridized carbons (Fsp3) is 0.750. The largest absolute Gasteiger partial charge is 0.344 e. The molecule has 1 amide bonds. The van der Waals surface area contributed by atoms with Crippen LogP contribution in [0.15, 0.2) is 0 Å². The molecule has 0 aromatic rings. The molecule has 0 saturated carbocycles. The molecule has 2 atom stereocenters. The molecule has 0 saturated heterocycles. The zero-order valence-electron chi connectivity index (χ0n) is 8.32. The van der Waals surface area contributed by atoms with Gasteiger partial charge in [0.1, 0.15) is 18.4 Å². The Bertz CT molecular complexity index is 198. The van der Waals surface area contributed by atoms with Crippen LogP contribution in [0.2, 0.25) is 0 Å². The predicted molar refractivity (Wildman–Crippen MR) is 58.5 cm³/mol. The van der Waals surface area contributed by atoms with E-state index in [4.69, 9.17) is 4.89 Å². The van der Waals surface area contributed by atoms with Crippen LogP contribution < -0.4 is 5.32 Å². The molecule has 1 N–H and O–H groups in total. The Kier molecular flexibility index (Phi) is 7.02. The average Bonchev–Trinajstić information content (AvgIpc) is 2.13. The normalized spacial score (nSPS) is 14.9. The van der Waals surface area contributed by atoms with Gasteiger partial charge in [-0.3, -0.25) is 4.79 Å². The van der Waals surface area contributed by atoms with Gasteiger partial charge in [-0.15, -0.1) is 0 Å². The molecule has 14 heavy (non-hydrogen) atoms. The second kappa shape index (κ2) is 7.13. The van der Waals surface area contributed by atoms with Gasteiger partial charge in [-0.25, -0.2) is 4.89 Å². The SMILES string of the molecule is CC(C)C(=O)NC(C=O)C(C)OOI. The molecule has 2 unspecified atom stereocenters. The van der Waals surface area contributed by atoms with E-state index in [2.05, 4.69) is 8.53 Å². The van der Waals surface area contributed by atoms with Gasteiger partial charge in [0.05, 0.1) is 0 Å². The second-order valence-electron chi connectivity index (χ2n) is 3.19. The van der Waals surface area contributed by atoms with Crippen molar-refractivity contribution in [2.45, 2.75) is 32.9 Å². The van der Waals surface area contributed by atoms with Crippen LogP contribution in [-0.2, 0) is 17.7 Å². The minimum Gasteiger partial charge on any atom is -0.344 e. The highest BCUT2D eigenvalue weighted by Gasteiger charge is 2.21. The van der Waals surface area contributed by atoms with E-state index in [9.17, 15) is 9.59 Å². The second-order valence-corrected chi connectivity index (χ2v) is 3.55. The van der Waals surface area contributed by atoms with Gasteiger partial charge in [-0.2, -0.15) is 3.22 Å². The first-order valence-electron chi connectivity index (χ1n) is 4.22. The summed E-state index contributed by atoms with van der Waals surface area (Å²) >= 11 is 1.55. The van der Waals surface area contributed by atoms with Crippen molar-refractivity contribution in [2.75, 3.05) is 0 Å². The van der Waals surface area contributed by atoms with Crippen molar-refractivity contribution in [1.29, 1.82) is 0 Å². The van der Waals surface area contributed by atoms with E-state index in [0.717, 1.165) is 0 Å². The smallest absolute Gasteiger partial charge is 0.223 e. The van der Waals surface area contributed by atoms with Gasteiger partial charge in [0, 0.05) is 5.92 Å². The van der Waals surface area contributed by atoms with E-state index < -0.39 is 12.1 Å². The van der Waals surface area contributed by atoms with Crippen LogP contribution in [0.5, 0.6) is 0 Å². The van der Waals surface area contributed by atoms with Crippen molar-refractivity contribution in [3.63, 3.8) is 0 Å². The van der Waals surface area contributed by atoms with Gasteiger partial charge in [0.2, 0.25) is 5.91 Å². The summed E-state index contributed by atoms with van der Waals surface area (Å²) in [5.74, 6) is -0.351. The summed E-state index contributed by atoms with van der Waals surface area (Å²) in [7, 11) is 0. The lowest BCUT2D eigenvalue weighted by molar-refractivity contribution is -0.209. The topological polar surface area (TPSA) is 64.6 Å². The van der Waals surface area contributed by atoms with Crippen LogP contribution in [0.3, 0.4) is 0 Å². The highest BCUT2D eigenvalue weighted by molar-refractivity contribution is 14.1. The lowest BCUT2D eigenvalue weighted by atomic mass is 10.1. The summed E-state index contributed by atoms with van der Waals surface area (Å²) in [4.78, 5) is 26.6. The summed E-state index contributed by atoms with van der Waals surface area (Å²) in [6.07, 6.45) is 0.118. The highest BCUT2D eigenvalue weighted by Crippen LogP contribution is 2.02. The summed E-state index contributed by atoms with van der Waals surface area (Å²) in [5.41, 5.74) is 0. The molecule has 0 rings (SSSR count). The molecular weight excluding hydrogens is 301 g/mol. The molecule has 0 aliphatic carbocycles. The summed E-state index contributed by atoms with van der Waals surface area (Å²) in [5, 5.41) is 2.54. The quantitative estimate of drug-likeness (QED) is 0.344. The number of carbonyl (C=O) groups is 2. The third-order valence-electron chi connectivity index (χ3n) is 1.67. The molecule has 0 heterocycles. The number of aldehydes is 1. The molecule has 0 aliphatic heterocycles. The van der Waals surface area contributed by atoms with Crippen molar-refractivity contribution in [3.8, 4) is 0 Å². The van der Waals surface area contributed by atoms with E-state index >= 15 is 0 Å². The zero-order valence-corrected chi connectivity index (χ0v) is 10.5. The lowest BCUT2D eigenvalue weighted by Crippen LogP contribution is -2.45. The van der Waals surface area contributed by atoms with E-state index in [1.165, 1.54) is 0 Å². The number of rotatable bonds is 6. The summed E-state index contributed by atoms with van der Waals surface area (Å²) < 4.78 is 4.39. The number of amides is 1. The van der Waals surface area contributed by atoms with Crippen LogP contribution in [-0.4, -0.2) is 24.3 Å². The number of nitrogens with one attached hydrogen (secondary N) is 1. The minimum atomic E-state index is -0.681. The number of halogens is 1. The van der Waals surface area contributed by atoms with E-state index in [1.54, 1.807) is 43.8 Å². The van der Waals surface area contributed by atoms with Crippen molar-refractivity contribution in [2.24, 2.45) is 5.92 Å². The molecule has 0 spiro atoms.